The maximum absolute atomic E-state index is 13.8. The van der Waals surface area contributed by atoms with Crippen LogP contribution in [0.1, 0.15) is 12.0 Å². The molecule has 2 amide bonds. The monoisotopic (exact) mass is 404 g/mol. The Morgan fingerprint density at radius 3 is 2.64 bits per heavy atom. The minimum absolute atomic E-state index is 0.0791. The summed E-state index contributed by atoms with van der Waals surface area (Å²) < 4.78 is 14.6. The highest BCUT2D eigenvalue weighted by atomic mass is 79.9. The Hall–Kier alpha value is -2.21. The quantitative estimate of drug-likeness (QED) is 0.780. The van der Waals surface area contributed by atoms with Crippen LogP contribution in [0.5, 0.6) is 0 Å². The number of rotatable bonds is 4. The second kappa shape index (κ2) is 7.35. The van der Waals surface area contributed by atoms with Crippen LogP contribution in [-0.2, 0) is 16.1 Å². The van der Waals surface area contributed by atoms with Crippen molar-refractivity contribution in [3.05, 3.63) is 64.4 Å². The Balaban J connectivity index is 1.70. The van der Waals surface area contributed by atoms with Gasteiger partial charge >= 0.3 is 0 Å². The number of nitrogens with zero attached hydrogens (tertiary/aromatic N) is 2. The lowest BCUT2D eigenvalue weighted by atomic mass is 10.1. The first-order valence-electron chi connectivity index (χ1n) is 8.00. The maximum atomic E-state index is 13.8. The van der Waals surface area contributed by atoms with Gasteiger partial charge < -0.3 is 9.80 Å². The molecule has 1 fully saturated rings. The Bertz CT molecular complexity index is 812. The first kappa shape index (κ1) is 17.6. The normalized spacial score (nSPS) is 17.0. The zero-order chi connectivity index (χ0) is 18.0. The zero-order valence-corrected chi connectivity index (χ0v) is 15.4. The first-order valence-corrected chi connectivity index (χ1v) is 8.80. The second-order valence-electron chi connectivity index (χ2n) is 6.14. The molecular formula is C19H18BrFN2O2. The molecule has 4 nitrogen and oxygen atoms in total. The third-order valence-corrected chi connectivity index (χ3v) is 5.03. The predicted octanol–water partition coefficient (Wildman–Crippen LogP) is 3.60. The number of halogens is 2. The summed E-state index contributed by atoms with van der Waals surface area (Å²) in [5.41, 5.74) is 1.23. The van der Waals surface area contributed by atoms with E-state index in [0.717, 1.165) is 10.2 Å². The van der Waals surface area contributed by atoms with Gasteiger partial charge in [0, 0.05) is 36.6 Å². The minimum atomic E-state index is -0.420. The number of anilines is 1. The first-order chi connectivity index (χ1) is 12.0. The van der Waals surface area contributed by atoms with Crippen LogP contribution in [0.2, 0.25) is 0 Å². The predicted molar refractivity (Wildman–Crippen MR) is 97.5 cm³/mol. The Morgan fingerprint density at radius 1 is 1.24 bits per heavy atom. The van der Waals surface area contributed by atoms with Crippen LogP contribution in [0.25, 0.3) is 0 Å². The van der Waals surface area contributed by atoms with Crippen molar-refractivity contribution < 1.29 is 14.0 Å². The van der Waals surface area contributed by atoms with E-state index in [-0.39, 0.29) is 30.6 Å². The molecule has 1 atom stereocenters. The highest BCUT2D eigenvalue weighted by Crippen LogP contribution is 2.31. The molecule has 2 aromatic carbocycles. The molecule has 0 saturated carbocycles. The molecule has 1 aliphatic heterocycles. The summed E-state index contributed by atoms with van der Waals surface area (Å²) in [6, 6.07) is 13.8. The third-order valence-electron chi connectivity index (χ3n) is 4.36. The summed E-state index contributed by atoms with van der Waals surface area (Å²) in [5, 5.41) is 0. The third kappa shape index (κ3) is 3.74. The van der Waals surface area contributed by atoms with Gasteiger partial charge in [0.1, 0.15) is 5.82 Å². The van der Waals surface area contributed by atoms with Gasteiger partial charge in [-0.15, -0.1) is 0 Å². The van der Waals surface area contributed by atoms with Gasteiger partial charge in [0.05, 0.1) is 11.6 Å². The summed E-state index contributed by atoms with van der Waals surface area (Å²) in [4.78, 5) is 28.1. The molecule has 130 valence electrons. The number of carbonyl (C=O) groups is 2. The number of hydrogen-bond acceptors (Lipinski definition) is 2. The van der Waals surface area contributed by atoms with E-state index < -0.39 is 5.92 Å². The van der Waals surface area contributed by atoms with E-state index in [4.69, 9.17) is 0 Å². The van der Waals surface area contributed by atoms with Crippen LogP contribution in [0.4, 0.5) is 10.1 Å². The van der Waals surface area contributed by atoms with Crippen LogP contribution in [0, 0.1) is 11.7 Å². The lowest BCUT2D eigenvalue weighted by Crippen LogP contribution is -2.34. The van der Waals surface area contributed by atoms with E-state index >= 15 is 0 Å². The molecule has 1 heterocycles. The number of hydrogen-bond donors (Lipinski definition) is 0. The van der Waals surface area contributed by atoms with E-state index in [1.54, 1.807) is 30.1 Å². The van der Waals surface area contributed by atoms with Crippen LogP contribution < -0.4 is 4.90 Å². The SMILES string of the molecule is CN(Cc1ccccc1F)C(=O)C1CC(=O)N(c2ccccc2Br)C1. The van der Waals surface area contributed by atoms with E-state index in [0.29, 0.717) is 12.1 Å². The Morgan fingerprint density at radius 2 is 1.92 bits per heavy atom. The van der Waals surface area contributed by atoms with Crippen LogP contribution in [0.15, 0.2) is 53.0 Å². The van der Waals surface area contributed by atoms with E-state index in [1.807, 2.05) is 24.3 Å². The lowest BCUT2D eigenvalue weighted by Gasteiger charge is -2.22. The molecule has 3 rings (SSSR count). The minimum Gasteiger partial charge on any atom is -0.341 e. The zero-order valence-electron chi connectivity index (χ0n) is 13.8. The van der Waals surface area contributed by atoms with Crippen LogP contribution in [0.3, 0.4) is 0 Å². The topological polar surface area (TPSA) is 40.6 Å². The van der Waals surface area contributed by atoms with Gasteiger partial charge in [-0.05, 0) is 34.1 Å². The molecule has 1 aliphatic rings. The Kier molecular flexibility index (Phi) is 5.18. The second-order valence-corrected chi connectivity index (χ2v) is 7.00. The average Bonchev–Trinajstić information content (AvgIpc) is 2.98. The summed E-state index contributed by atoms with van der Waals surface area (Å²) in [6.07, 6.45) is 0.168. The number of amides is 2. The van der Waals surface area contributed by atoms with Gasteiger partial charge in [-0.25, -0.2) is 4.39 Å². The van der Waals surface area contributed by atoms with Crippen molar-refractivity contribution in [1.29, 1.82) is 0 Å². The maximum Gasteiger partial charge on any atom is 0.228 e. The molecule has 1 saturated heterocycles. The highest BCUT2D eigenvalue weighted by molar-refractivity contribution is 9.10. The van der Waals surface area contributed by atoms with Crippen molar-refractivity contribution in [3.63, 3.8) is 0 Å². The van der Waals surface area contributed by atoms with Gasteiger partial charge in [-0.3, -0.25) is 9.59 Å². The van der Waals surface area contributed by atoms with Crippen molar-refractivity contribution in [2.75, 3.05) is 18.5 Å². The summed E-state index contributed by atoms with van der Waals surface area (Å²) >= 11 is 3.44. The van der Waals surface area contributed by atoms with E-state index in [1.165, 1.54) is 11.0 Å². The van der Waals surface area contributed by atoms with Crippen molar-refractivity contribution in [2.45, 2.75) is 13.0 Å². The van der Waals surface area contributed by atoms with Gasteiger partial charge in [0.2, 0.25) is 11.8 Å². The summed E-state index contributed by atoms with van der Waals surface area (Å²) in [5.74, 6) is -0.980. The van der Waals surface area contributed by atoms with Crippen molar-refractivity contribution >= 4 is 33.4 Å². The van der Waals surface area contributed by atoms with Crippen LogP contribution in [-0.4, -0.2) is 30.3 Å². The number of carbonyl (C=O) groups excluding carboxylic acids is 2. The number of para-hydroxylation sites is 1. The smallest absolute Gasteiger partial charge is 0.228 e. The van der Waals surface area contributed by atoms with E-state index in [9.17, 15) is 14.0 Å². The molecule has 0 N–H and O–H groups in total. The van der Waals surface area contributed by atoms with Crippen molar-refractivity contribution in [1.82, 2.24) is 4.90 Å². The standard InChI is InChI=1S/C19H18BrFN2O2/c1-22(11-13-6-2-4-8-16(13)21)19(25)14-10-18(24)23(12-14)17-9-5-3-7-15(17)20/h2-9,14H,10-12H2,1H3. The molecule has 0 aromatic heterocycles. The molecule has 1 unspecified atom stereocenters. The van der Waals surface area contributed by atoms with Crippen molar-refractivity contribution in [3.8, 4) is 0 Å². The molecule has 0 aliphatic carbocycles. The molecule has 0 spiro atoms. The highest BCUT2D eigenvalue weighted by Gasteiger charge is 2.37. The summed E-state index contributed by atoms with van der Waals surface area (Å²) in [7, 11) is 1.64. The van der Waals surface area contributed by atoms with Gasteiger partial charge in [0.15, 0.2) is 0 Å². The Labute approximate surface area is 154 Å². The molecule has 2 aromatic rings. The fraction of sp³-hybridized carbons (Fsp3) is 0.263. The fourth-order valence-corrected chi connectivity index (χ4v) is 3.55. The average molecular weight is 405 g/mol. The molecule has 25 heavy (non-hydrogen) atoms. The van der Waals surface area contributed by atoms with Crippen molar-refractivity contribution in [2.24, 2.45) is 5.92 Å². The molecule has 0 bridgehead atoms. The van der Waals surface area contributed by atoms with Crippen LogP contribution >= 0.6 is 15.9 Å². The molecule has 0 radical (unpaired) electrons. The molecule has 6 heteroatoms. The van der Waals surface area contributed by atoms with Gasteiger partial charge in [0.25, 0.3) is 0 Å². The lowest BCUT2D eigenvalue weighted by molar-refractivity contribution is -0.135. The summed E-state index contributed by atoms with van der Waals surface area (Å²) in [6.45, 7) is 0.521. The largest absolute Gasteiger partial charge is 0.341 e. The number of benzene rings is 2. The van der Waals surface area contributed by atoms with Gasteiger partial charge in [-0.2, -0.15) is 0 Å². The molecular weight excluding hydrogens is 387 g/mol. The van der Waals surface area contributed by atoms with E-state index in [2.05, 4.69) is 15.9 Å². The van der Waals surface area contributed by atoms with Gasteiger partial charge in [-0.1, -0.05) is 30.3 Å². The fourth-order valence-electron chi connectivity index (χ4n) is 3.05.